The van der Waals surface area contributed by atoms with Crippen LogP contribution >= 0.6 is 22.7 Å². The summed E-state index contributed by atoms with van der Waals surface area (Å²) >= 11 is 2.88. The van der Waals surface area contributed by atoms with Crippen LogP contribution in [-0.2, 0) is 6.61 Å². The minimum absolute atomic E-state index is 0.346. The molecule has 2 amide bonds. The van der Waals surface area contributed by atoms with E-state index in [0.717, 1.165) is 10.7 Å². The molecule has 0 aliphatic carbocycles. The number of hydrogen-bond acceptors (Lipinski definition) is 6. The lowest BCUT2D eigenvalue weighted by molar-refractivity contribution is 0.0849. The van der Waals surface area contributed by atoms with Crippen molar-refractivity contribution in [2.45, 2.75) is 13.5 Å². The van der Waals surface area contributed by atoms with E-state index in [1.54, 1.807) is 53.1 Å². The van der Waals surface area contributed by atoms with Crippen LogP contribution in [0.4, 0.5) is 0 Å². The van der Waals surface area contributed by atoms with Crippen molar-refractivity contribution in [2.24, 2.45) is 0 Å². The van der Waals surface area contributed by atoms with Crippen molar-refractivity contribution in [1.82, 2.24) is 15.8 Å². The molecule has 0 saturated heterocycles. The summed E-state index contributed by atoms with van der Waals surface area (Å²) in [6, 6.07) is 10.1. The minimum Gasteiger partial charge on any atom is -0.487 e. The molecule has 0 bridgehead atoms. The Hall–Kier alpha value is -2.71. The molecule has 0 saturated carbocycles. The first-order valence-electron chi connectivity index (χ1n) is 7.40. The number of carbonyl (C=O) groups excluding carboxylic acids is 2. The number of benzene rings is 1. The Morgan fingerprint density at radius 3 is 2.48 bits per heavy atom. The van der Waals surface area contributed by atoms with E-state index in [1.165, 1.54) is 11.3 Å². The number of nitrogens with one attached hydrogen (secondary N) is 2. The van der Waals surface area contributed by atoms with Gasteiger partial charge in [-0.15, -0.1) is 22.7 Å². The van der Waals surface area contributed by atoms with Crippen molar-refractivity contribution >= 4 is 34.5 Å². The van der Waals surface area contributed by atoms with Gasteiger partial charge in [0.15, 0.2) is 0 Å². The summed E-state index contributed by atoms with van der Waals surface area (Å²) in [4.78, 5) is 28.7. The summed E-state index contributed by atoms with van der Waals surface area (Å²) in [6.45, 7) is 2.32. The predicted octanol–water partition coefficient (Wildman–Crippen LogP) is 3.17. The molecule has 6 nitrogen and oxygen atoms in total. The van der Waals surface area contributed by atoms with Gasteiger partial charge in [0.05, 0.1) is 15.6 Å². The van der Waals surface area contributed by atoms with E-state index in [0.29, 0.717) is 22.8 Å². The average Bonchev–Trinajstić information content (AvgIpc) is 3.30. The van der Waals surface area contributed by atoms with Crippen molar-refractivity contribution in [1.29, 1.82) is 0 Å². The van der Waals surface area contributed by atoms with E-state index < -0.39 is 5.91 Å². The number of amides is 2. The van der Waals surface area contributed by atoms with E-state index in [9.17, 15) is 9.59 Å². The number of aryl methyl sites for hydroxylation is 1. The topological polar surface area (TPSA) is 80.3 Å². The first kappa shape index (κ1) is 17.1. The fraction of sp³-hybridized carbons (Fsp3) is 0.118. The van der Waals surface area contributed by atoms with E-state index in [2.05, 4.69) is 15.8 Å². The van der Waals surface area contributed by atoms with Crippen LogP contribution in [-0.4, -0.2) is 16.8 Å². The Morgan fingerprint density at radius 1 is 1.08 bits per heavy atom. The molecular weight excluding hydrogens is 358 g/mol. The van der Waals surface area contributed by atoms with Crippen LogP contribution in [0.1, 0.15) is 30.7 Å². The van der Waals surface area contributed by atoms with Gasteiger partial charge in [-0.3, -0.25) is 20.4 Å². The van der Waals surface area contributed by atoms with Gasteiger partial charge in [-0.05, 0) is 42.6 Å². The fourth-order valence-electron chi connectivity index (χ4n) is 1.99. The van der Waals surface area contributed by atoms with E-state index >= 15 is 0 Å². The van der Waals surface area contributed by atoms with Crippen LogP contribution in [0.2, 0.25) is 0 Å². The molecule has 0 fully saturated rings. The van der Waals surface area contributed by atoms with Gasteiger partial charge >= 0.3 is 0 Å². The summed E-state index contributed by atoms with van der Waals surface area (Å²) in [5, 5.41) is 4.74. The number of carbonyl (C=O) groups is 2. The van der Waals surface area contributed by atoms with Crippen LogP contribution in [0, 0.1) is 6.92 Å². The molecule has 2 heterocycles. The molecule has 0 aliphatic heterocycles. The van der Waals surface area contributed by atoms with Crippen LogP contribution < -0.4 is 15.6 Å². The quantitative estimate of drug-likeness (QED) is 0.673. The number of thiophene rings is 1. The van der Waals surface area contributed by atoms with E-state index in [1.807, 2.05) is 12.3 Å². The molecule has 0 radical (unpaired) electrons. The standard InChI is InChI=1S/C17H15N3O3S2/c1-11-18-13(10-25-11)9-23-14-6-4-12(5-7-14)16(21)19-20-17(22)15-3-2-8-24-15/h2-8,10H,9H2,1H3,(H,19,21)(H,20,22). The predicted molar refractivity (Wildman–Crippen MR) is 96.9 cm³/mol. The maximum atomic E-state index is 12.0. The summed E-state index contributed by atoms with van der Waals surface area (Å²) < 4.78 is 5.63. The van der Waals surface area contributed by atoms with Gasteiger partial charge in [0, 0.05) is 10.9 Å². The Labute approximate surface area is 152 Å². The first-order valence-corrected chi connectivity index (χ1v) is 9.16. The number of aromatic nitrogens is 1. The highest BCUT2D eigenvalue weighted by atomic mass is 32.1. The Kier molecular flexibility index (Phi) is 5.42. The lowest BCUT2D eigenvalue weighted by atomic mass is 10.2. The Bertz CT molecular complexity index is 858. The molecule has 3 rings (SSSR count). The monoisotopic (exact) mass is 373 g/mol. The second-order valence-electron chi connectivity index (χ2n) is 5.06. The second kappa shape index (κ2) is 7.91. The highest BCUT2D eigenvalue weighted by Gasteiger charge is 2.10. The van der Waals surface area contributed by atoms with Crippen molar-refractivity contribution in [2.75, 3.05) is 0 Å². The lowest BCUT2D eigenvalue weighted by Crippen LogP contribution is -2.41. The zero-order chi connectivity index (χ0) is 17.6. The fourth-order valence-corrected chi connectivity index (χ4v) is 3.21. The highest BCUT2D eigenvalue weighted by molar-refractivity contribution is 7.12. The van der Waals surface area contributed by atoms with Crippen LogP contribution in [0.25, 0.3) is 0 Å². The largest absolute Gasteiger partial charge is 0.487 e. The third-order valence-electron chi connectivity index (χ3n) is 3.20. The van der Waals surface area contributed by atoms with E-state index in [4.69, 9.17) is 4.74 Å². The average molecular weight is 373 g/mol. The Morgan fingerprint density at radius 2 is 1.84 bits per heavy atom. The minimum atomic E-state index is -0.397. The van der Waals surface area contributed by atoms with Crippen molar-refractivity contribution in [3.63, 3.8) is 0 Å². The zero-order valence-corrected chi connectivity index (χ0v) is 14.9. The molecular formula is C17H15N3O3S2. The van der Waals surface area contributed by atoms with Crippen molar-refractivity contribution < 1.29 is 14.3 Å². The van der Waals surface area contributed by atoms with Gasteiger partial charge in [0.2, 0.25) is 0 Å². The summed E-state index contributed by atoms with van der Waals surface area (Å²) in [6.07, 6.45) is 0. The van der Waals surface area contributed by atoms with Crippen molar-refractivity contribution in [3.8, 4) is 5.75 Å². The summed E-state index contributed by atoms with van der Waals surface area (Å²) in [5.41, 5.74) is 6.06. The molecule has 2 N–H and O–H groups in total. The molecule has 0 aliphatic rings. The maximum Gasteiger partial charge on any atom is 0.279 e. The molecule has 8 heteroatoms. The number of hydrogen-bond donors (Lipinski definition) is 2. The number of hydrazine groups is 1. The van der Waals surface area contributed by atoms with Gasteiger partial charge in [0.25, 0.3) is 11.8 Å². The van der Waals surface area contributed by atoms with Gasteiger partial charge in [-0.1, -0.05) is 6.07 Å². The number of rotatable bonds is 5. The van der Waals surface area contributed by atoms with Gasteiger partial charge in [-0.2, -0.15) is 0 Å². The molecule has 1 aromatic carbocycles. The molecule has 0 spiro atoms. The molecule has 25 heavy (non-hydrogen) atoms. The first-order chi connectivity index (χ1) is 12.1. The van der Waals surface area contributed by atoms with Gasteiger partial charge < -0.3 is 4.74 Å². The van der Waals surface area contributed by atoms with Crippen LogP contribution in [0.3, 0.4) is 0 Å². The SMILES string of the molecule is Cc1nc(COc2ccc(C(=O)NNC(=O)c3cccs3)cc2)cs1. The van der Waals surface area contributed by atoms with Crippen molar-refractivity contribution in [3.05, 3.63) is 68.3 Å². The smallest absolute Gasteiger partial charge is 0.279 e. The molecule has 3 aromatic rings. The van der Waals surface area contributed by atoms with E-state index in [-0.39, 0.29) is 5.91 Å². The second-order valence-corrected chi connectivity index (χ2v) is 7.07. The number of ether oxygens (including phenoxy) is 1. The van der Waals surface area contributed by atoms with Gasteiger partial charge in [0.1, 0.15) is 12.4 Å². The third kappa shape index (κ3) is 4.65. The highest BCUT2D eigenvalue weighted by Crippen LogP contribution is 2.15. The van der Waals surface area contributed by atoms with Crippen LogP contribution in [0.15, 0.2) is 47.2 Å². The Balaban J connectivity index is 1.50. The number of thiazole rings is 1. The molecule has 2 aromatic heterocycles. The van der Waals surface area contributed by atoms with Gasteiger partial charge in [-0.25, -0.2) is 4.98 Å². The summed E-state index contributed by atoms with van der Waals surface area (Å²) in [5.74, 6) is -0.0988. The summed E-state index contributed by atoms with van der Waals surface area (Å²) in [7, 11) is 0. The molecule has 0 unspecified atom stereocenters. The van der Waals surface area contributed by atoms with Crippen LogP contribution in [0.5, 0.6) is 5.75 Å². The normalized spacial score (nSPS) is 10.3. The maximum absolute atomic E-state index is 12.0. The molecule has 0 atom stereocenters. The third-order valence-corrected chi connectivity index (χ3v) is 4.90. The lowest BCUT2D eigenvalue weighted by Gasteiger charge is -2.08. The molecule has 128 valence electrons. The number of nitrogens with zero attached hydrogens (tertiary/aromatic N) is 1. The zero-order valence-electron chi connectivity index (χ0n) is 13.3.